The number of amides is 1. The number of rotatable bonds is 5. The number of methoxy groups -OCH3 is 1. The average Bonchev–Trinajstić information content (AvgIpc) is 2.59. The molecule has 0 heterocycles. The number of non-ortho nitro benzene ring substituents is 1. The highest BCUT2D eigenvalue weighted by Gasteiger charge is 2.07. The highest BCUT2D eigenvalue weighted by atomic mass is 16.6. The third kappa shape index (κ3) is 4.13. The minimum Gasteiger partial charge on any atom is -0.497 e. The SMILES string of the molecule is COc1ccc(C(=O)N/N=C(\C)c2ccc([N+](=O)[O-])cc2)cc1. The number of hydrogen-bond donors (Lipinski definition) is 1. The molecule has 0 aromatic heterocycles. The van der Waals surface area contributed by atoms with Gasteiger partial charge in [-0.25, -0.2) is 5.43 Å². The van der Waals surface area contributed by atoms with Crippen LogP contribution >= 0.6 is 0 Å². The van der Waals surface area contributed by atoms with Crippen molar-refractivity contribution in [2.24, 2.45) is 5.10 Å². The number of nitro groups is 1. The topological polar surface area (TPSA) is 93.8 Å². The third-order valence-electron chi connectivity index (χ3n) is 3.17. The van der Waals surface area contributed by atoms with Crippen molar-refractivity contribution in [1.82, 2.24) is 5.43 Å². The summed E-state index contributed by atoms with van der Waals surface area (Å²) in [6.45, 7) is 1.70. The minimum atomic E-state index is -0.471. The van der Waals surface area contributed by atoms with Crippen LogP contribution in [0.3, 0.4) is 0 Å². The molecule has 0 spiro atoms. The number of nitro benzene ring substituents is 1. The quantitative estimate of drug-likeness (QED) is 0.521. The Morgan fingerprint density at radius 3 is 2.17 bits per heavy atom. The maximum atomic E-state index is 12.0. The summed E-state index contributed by atoms with van der Waals surface area (Å²) in [4.78, 5) is 22.1. The highest BCUT2D eigenvalue weighted by Crippen LogP contribution is 2.13. The summed E-state index contributed by atoms with van der Waals surface area (Å²) in [7, 11) is 1.55. The lowest BCUT2D eigenvalue weighted by molar-refractivity contribution is -0.384. The largest absolute Gasteiger partial charge is 0.497 e. The lowest BCUT2D eigenvalue weighted by Gasteiger charge is -2.04. The molecular weight excluding hydrogens is 298 g/mol. The maximum Gasteiger partial charge on any atom is 0.271 e. The Labute approximate surface area is 132 Å². The minimum absolute atomic E-state index is 0.00354. The predicted molar refractivity (Wildman–Crippen MR) is 85.8 cm³/mol. The second-order valence-corrected chi connectivity index (χ2v) is 4.67. The second kappa shape index (κ2) is 7.17. The van der Waals surface area contributed by atoms with E-state index in [1.807, 2.05) is 0 Å². The molecule has 0 unspecified atom stereocenters. The summed E-state index contributed by atoms with van der Waals surface area (Å²) >= 11 is 0. The Morgan fingerprint density at radius 1 is 1.09 bits per heavy atom. The van der Waals surface area contributed by atoms with Crippen molar-refractivity contribution in [3.63, 3.8) is 0 Å². The Balaban J connectivity index is 2.05. The Kier molecular flexibility index (Phi) is 5.03. The molecule has 0 bridgehead atoms. The van der Waals surface area contributed by atoms with Gasteiger partial charge >= 0.3 is 0 Å². The van der Waals surface area contributed by atoms with E-state index in [-0.39, 0.29) is 11.6 Å². The van der Waals surface area contributed by atoms with Gasteiger partial charge in [-0.15, -0.1) is 0 Å². The number of ether oxygens (including phenoxy) is 1. The molecule has 23 heavy (non-hydrogen) atoms. The lowest BCUT2D eigenvalue weighted by atomic mass is 10.1. The van der Waals surface area contributed by atoms with Gasteiger partial charge in [0.25, 0.3) is 11.6 Å². The molecule has 0 radical (unpaired) electrons. The van der Waals surface area contributed by atoms with Crippen molar-refractivity contribution in [2.45, 2.75) is 6.92 Å². The molecule has 2 aromatic rings. The molecule has 0 aliphatic heterocycles. The van der Waals surface area contributed by atoms with Gasteiger partial charge in [0.15, 0.2) is 0 Å². The fraction of sp³-hybridized carbons (Fsp3) is 0.125. The number of benzene rings is 2. The lowest BCUT2D eigenvalue weighted by Crippen LogP contribution is -2.19. The summed E-state index contributed by atoms with van der Waals surface area (Å²) in [5, 5.41) is 14.6. The van der Waals surface area contributed by atoms with Crippen molar-refractivity contribution in [1.29, 1.82) is 0 Å². The van der Waals surface area contributed by atoms with Gasteiger partial charge in [-0.05, 0) is 48.9 Å². The first-order valence-electron chi connectivity index (χ1n) is 6.75. The summed E-state index contributed by atoms with van der Waals surface area (Å²) in [5.41, 5.74) is 4.13. The van der Waals surface area contributed by atoms with E-state index < -0.39 is 4.92 Å². The molecule has 1 amide bonds. The van der Waals surface area contributed by atoms with Crippen LogP contribution in [-0.4, -0.2) is 23.7 Å². The molecule has 118 valence electrons. The van der Waals surface area contributed by atoms with E-state index in [4.69, 9.17) is 4.74 Å². The van der Waals surface area contributed by atoms with Gasteiger partial charge in [0, 0.05) is 17.7 Å². The first-order valence-corrected chi connectivity index (χ1v) is 6.75. The van der Waals surface area contributed by atoms with Crippen molar-refractivity contribution in [3.05, 3.63) is 69.8 Å². The summed E-state index contributed by atoms with van der Waals surface area (Å²) in [6, 6.07) is 12.6. The monoisotopic (exact) mass is 313 g/mol. The smallest absolute Gasteiger partial charge is 0.271 e. The van der Waals surface area contributed by atoms with Crippen LogP contribution in [0.25, 0.3) is 0 Å². The van der Waals surface area contributed by atoms with E-state index >= 15 is 0 Å². The normalized spacial score (nSPS) is 11.0. The van der Waals surface area contributed by atoms with Crippen LogP contribution in [0.2, 0.25) is 0 Å². The van der Waals surface area contributed by atoms with E-state index in [1.165, 1.54) is 12.1 Å². The number of nitrogens with zero attached hydrogens (tertiary/aromatic N) is 2. The number of carbonyl (C=O) groups excluding carboxylic acids is 1. The zero-order valence-electron chi connectivity index (χ0n) is 12.6. The predicted octanol–water partition coefficient (Wildman–Crippen LogP) is 2.76. The van der Waals surface area contributed by atoms with E-state index in [1.54, 1.807) is 50.4 Å². The molecule has 0 atom stereocenters. The fourth-order valence-corrected chi connectivity index (χ4v) is 1.83. The van der Waals surface area contributed by atoms with Crippen LogP contribution in [0.4, 0.5) is 5.69 Å². The summed E-state index contributed by atoms with van der Waals surface area (Å²) < 4.78 is 5.02. The molecule has 0 aliphatic carbocycles. The van der Waals surface area contributed by atoms with Gasteiger partial charge in [-0.1, -0.05) is 0 Å². The average molecular weight is 313 g/mol. The maximum absolute atomic E-state index is 12.0. The first-order chi connectivity index (χ1) is 11.0. The van der Waals surface area contributed by atoms with Crippen molar-refractivity contribution in [3.8, 4) is 5.75 Å². The van der Waals surface area contributed by atoms with Crippen LogP contribution in [0.15, 0.2) is 53.6 Å². The number of hydrogen-bond acceptors (Lipinski definition) is 5. The van der Waals surface area contributed by atoms with Crippen LogP contribution in [0.1, 0.15) is 22.8 Å². The van der Waals surface area contributed by atoms with Crippen LogP contribution in [-0.2, 0) is 0 Å². The first kappa shape index (κ1) is 16.2. The van der Waals surface area contributed by atoms with Gasteiger partial charge in [0.2, 0.25) is 0 Å². The molecule has 0 fully saturated rings. The van der Waals surface area contributed by atoms with E-state index in [9.17, 15) is 14.9 Å². The molecule has 0 saturated carbocycles. The second-order valence-electron chi connectivity index (χ2n) is 4.67. The molecule has 7 heteroatoms. The zero-order chi connectivity index (χ0) is 16.8. The van der Waals surface area contributed by atoms with Gasteiger partial charge in [0.1, 0.15) is 5.75 Å². The zero-order valence-corrected chi connectivity index (χ0v) is 12.6. The molecule has 2 aromatic carbocycles. The van der Waals surface area contributed by atoms with Crippen molar-refractivity contribution >= 4 is 17.3 Å². The van der Waals surface area contributed by atoms with Gasteiger partial charge in [-0.3, -0.25) is 14.9 Å². The van der Waals surface area contributed by atoms with Gasteiger partial charge in [-0.2, -0.15) is 5.10 Å². The van der Waals surface area contributed by atoms with Gasteiger partial charge in [0.05, 0.1) is 17.7 Å². The van der Waals surface area contributed by atoms with E-state index in [2.05, 4.69) is 10.5 Å². The van der Waals surface area contributed by atoms with E-state index in [0.29, 0.717) is 22.6 Å². The van der Waals surface area contributed by atoms with Crippen molar-refractivity contribution in [2.75, 3.05) is 7.11 Å². The molecule has 0 saturated heterocycles. The standard InChI is InChI=1S/C16H15N3O4/c1-11(12-3-7-14(8-4-12)19(21)22)17-18-16(20)13-5-9-15(23-2)10-6-13/h3-10H,1-2H3,(H,18,20)/b17-11+. The van der Waals surface area contributed by atoms with Crippen LogP contribution < -0.4 is 10.2 Å². The van der Waals surface area contributed by atoms with Crippen molar-refractivity contribution < 1.29 is 14.5 Å². The van der Waals surface area contributed by atoms with Gasteiger partial charge < -0.3 is 4.74 Å². The molecular formula is C16H15N3O4. The Morgan fingerprint density at radius 2 is 1.65 bits per heavy atom. The molecule has 0 aliphatic rings. The number of nitrogens with one attached hydrogen (secondary N) is 1. The van der Waals surface area contributed by atoms with Crippen LogP contribution in [0, 0.1) is 10.1 Å². The molecule has 1 N–H and O–H groups in total. The number of carbonyl (C=O) groups is 1. The summed E-state index contributed by atoms with van der Waals surface area (Å²) in [6.07, 6.45) is 0. The molecule has 7 nitrogen and oxygen atoms in total. The van der Waals surface area contributed by atoms with E-state index in [0.717, 1.165) is 0 Å². The Bertz CT molecular complexity index is 737. The third-order valence-corrected chi connectivity index (χ3v) is 3.17. The summed E-state index contributed by atoms with van der Waals surface area (Å²) in [5.74, 6) is 0.307. The highest BCUT2D eigenvalue weighted by molar-refractivity contribution is 6.01. The number of hydrazone groups is 1. The Hall–Kier alpha value is -3.22. The van der Waals surface area contributed by atoms with Crippen LogP contribution in [0.5, 0.6) is 5.75 Å². The molecule has 2 rings (SSSR count). The fourth-order valence-electron chi connectivity index (χ4n) is 1.83.